The molecule has 2 aromatic rings. The van der Waals surface area contributed by atoms with Gasteiger partial charge in [0.05, 0.1) is 12.3 Å². The second kappa shape index (κ2) is 4.49. The highest BCUT2D eigenvalue weighted by Gasteiger charge is 2.19. The molecule has 90 valence electrons. The fraction of sp³-hybridized carbons (Fsp3) is 0.143. The number of aromatic nitrogens is 2. The van der Waals surface area contributed by atoms with Gasteiger partial charge < -0.3 is 4.74 Å². The van der Waals surface area contributed by atoms with E-state index in [9.17, 15) is 4.79 Å². The summed E-state index contributed by atoms with van der Waals surface area (Å²) in [7, 11) is 0. The summed E-state index contributed by atoms with van der Waals surface area (Å²) in [5.74, 6) is 0.260. The third-order valence-corrected chi connectivity index (χ3v) is 2.77. The van der Waals surface area contributed by atoms with Crippen molar-refractivity contribution in [3.63, 3.8) is 0 Å². The summed E-state index contributed by atoms with van der Waals surface area (Å²) in [6.45, 7) is 0.584. The fourth-order valence-corrected chi connectivity index (χ4v) is 1.87. The number of hydrogen-bond acceptors (Lipinski definition) is 3. The summed E-state index contributed by atoms with van der Waals surface area (Å²) in [4.78, 5) is 12.0. The molecule has 0 fully saturated rings. The lowest BCUT2D eigenvalue weighted by Crippen LogP contribution is -2.06. The maximum atomic E-state index is 12.0. The molecule has 1 aromatic carbocycles. The predicted octanol–water partition coefficient (Wildman–Crippen LogP) is 2.36. The molecule has 1 aliphatic rings. The van der Waals surface area contributed by atoms with Crippen LogP contribution in [0.3, 0.4) is 0 Å². The summed E-state index contributed by atoms with van der Waals surface area (Å²) < 4.78 is 6.93. The molecule has 4 heteroatoms. The van der Waals surface area contributed by atoms with Crippen LogP contribution in [0, 0.1) is 0 Å². The van der Waals surface area contributed by atoms with Crippen molar-refractivity contribution in [3.05, 3.63) is 60.1 Å². The van der Waals surface area contributed by atoms with Gasteiger partial charge in [0.2, 0.25) is 5.78 Å². The zero-order chi connectivity index (χ0) is 12.4. The number of carbonyl (C=O) groups excluding carboxylic acids is 1. The van der Waals surface area contributed by atoms with Gasteiger partial charge in [-0.1, -0.05) is 18.2 Å². The first-order valence-corrected chi connectivity index (χ1v) is 5.83. The van der Waals surface area contributed by atoms with Crippen LogP contribution in [0.15, 0.2) is 54.4 Å². The Morgan fingerprint density at radius 1 is 1.22 bits per heavy atom. The maximum Gasteiger partial charge on any atom is 0.247 e. The van der Waals surface area contributed by atoms with E-state index >= 15 is 0 Å². The van der Waals surface area contributed by atoms with Crippen molar-refractivity contribution in [3.8, 4) is 5.69 Å². The molecule has 0 saturated heterocycles. The molecular weight excluding hydrogens is 228 g/mol. The summed E-state index contributed by atoms with van der Waals surface area (Å²) in [5.41, 5.74) is 1.34. The first kappa shape index (κ1) is 10.8. The van der Waals surface area contributed by atoms with Gasteiger partial charge in [-0.2, -0.15) is 5.10 Å². The lowest BCUT2D eigenvalue weighted by atomic mass is 10.2. The van der Waals surface area contributed by atoms with Crippen LogP contribution in [-0.4, -0.2) is 22.2 Å². The van der Waals surface area contributed by atoms with Gasteiger partial charge in [0, 0.05) is 12.6 Å². The van der Waals surface area contributed by atoms with Gasteiger partial charge in [0.25, 0.3) is 0 Å². The van der Waals surface area contributed by atoms with Crippen molar-refractivity contribution in [1.29, 1.82) is 0 Å². The zero-order valence-electron chi connectivity index (χ0n) is 9.74. The molecule has 3 rings (SSSR count). The number of rotatable bonds is 3. The van der Waals surface area contributed by atoms with Gasteiger partial charge in [0.15, 0.2) is 5.76 Å². The lowest BCUT2D eigenvalue weighted by Gasteiger charge is -2.01. The minimum Gasteiger partial charge on any atom is -0.489 e. The molecule has 0 amide bonds. The third kappa shape index (κ3) is 1.93. The Morgan fingerprint density at radius 2 is 2.06 bits per heavy atom. The van der Waals surface area contributed by atoms with Crippen LogP contribution in [0.25, 0.3) is 5.69 Å². The van der Waals surface area contributed by atoms with Crippen molar-refractivity contribution in [1.82, 2.24) is 9.78 Å². The smallest absolute Gasteiger partial charge is 0.247 e. The molecule has 0 unspecified atom stereocenters. The standard InChI is InChI=1S/C14H12N2O2/c17-14(13-7-4-10-18-13)12-8-9-16(15-12)11-5-2-1-3-6-11/h1-3,5-9H,4,10H2. The van der Waals surface area contributed by atoms with Crippen LogP contribution in [0.5, 0.6) is 0 Å². The van der Waals surface area contributed by atoms with E-state index in [4.69, 9.17) is 4.74 Å². The molecule has 0 saturated carbocycles. The van der Waals surface area contributed by atoms with Gasteiger partial charge in [-0.25, -0.2) is 4.68 Å². The van der Waals surface area contributed by atoms with Crippen LogP contribution >= 0.6 is 0 Å². The number of Topliss-reactive ketones (excluding diaryl/α,β-unsaturated/α-hetero) is 1. The van der Waals surface area contributed by atoms with Gasteiger partial charge in [0.1, 0.15) is 5.69 Å². The van der Waals surface area contributed by atoms with E-state index in [0.717, 1.165) is 12.1 Å². The second-order valence-electron chi connectivity index (χ2n) is 4.02. The first-order chi connectivity index (χ1) is 8.84. The van der Waals surface area contributed by atoms with Crippen LogP contribution in [-0.2, 0) is 4.74 Å². The predicted molar refractivity (Wildman–Crippen MR) is 66.5 cm³/mol. The van der Waals surface area contributed by atoms with Crippen LogP contribution in [0.4, 0.5) is 0 Å². The molecule has 0 N–H and O–H groups in total. The van der Waals surface area contributed by atoms with Crippen molar-refractivity contribution in [2.75, 3.05) is 6.61 Å². The van der Waals surface area contributed by atoms with E-state index in [2.05, 4.69) is 5.10 Å². The highest BCUT2D eigenvalue weighted by Crippen LogP contribution is 2.15. The fourth-order valence-electron chi connectivity index (χ4n) is 1.87. The number of para-hydroxylation sites is 1. The van der Waals surface area contributed by atoms with Gasteiger partial charge in [-0.15, -0.1) is 0 Å². The Balaban J connectivity index is 1.88. The van der Waals surface area contributed by atoms with Crippen LogP contribution in [0.2, 0.25) is 0 Å². The molecule has 2 heterocycles. The van der Waals surface area contributed by atoms with E-state index < -0.39 is 0 Å². The van der Waals surface area contributed by atoms with E-state index in [0.29, 0.717) is 18.1 Å². The third-order valence-electron chi connectivity index (χ3n) is 2.77. The number of ketones is 1. The summed E-state index contributed by atoms with van der Waals surface area (Å²) in [6, 6.07) is 11.4. The Labute approximate surface area is 105 Å². The highest BCUT2D eigenvalue weighted by molar-refractivity contribution is 6.06. The Morgan fingerprint density at radius 3 is 2.78 bits per heavy atom. The van der Waals surface area contributed by atoms with E-state index in [1.807, 2.05) is 36.4 Å². The molecule has 18 heavy (non-hydrogen) atoms. The van der Waals surface area contributed by atoms with Crippen molar-refractivity contribution in [2.24, 2.45) is 0 Å². The number of ether oxygens (including phenoxy) is 1. The first-order valence-electron chi connectivity index (χ1n) is 5.83. The number of nitrogens with zero attached hydrogens (tertiary/aromatic N) is 2. The van der Waals surface area contributed by atoms with Crippen molar-refractivity contribution in [2.45, 2.75) is 6.42 Å². The molecule has 0 bridgehead atoms. The minimum absolute atomic E-state index is 0.151. The minimum atomic E-state index is -0.151. The molecule has 0 radical (unpaired) electrons. The van der Waals surface area contributed by atoms with Gasteiger partial charge in [-0.05, 0) is 24.3 Å². The molecular formula is C14H12N2O2. The van der Waals surface area contributed by atoms with Crippen molar-refractivity contribution < 1.29 is 9.53 Å². The van der Waals surface area contributed by atoms with Crippen LogP contribution in [0.1, 0.15) is 16.9 Å². The number of allylic oxidation sites excluding steroid dienone is 1. The monoisotopic (exact) mass is 240 g/mol. The number of carbonyl (C=O) groups is 1. The Hall–Kier alpha value is -2.36. The highest BCUT2D eigenvalue weighted by atomic mass is 16.5. The maximum absolute atomic E-state index is 12.0. The molecule has 0 spiro atoms. The Bertz CT molecular complexity index is 599. The lowest BCUT2D eigenvalue weighted by molar-refractivity contribution is 0.0937. The Kier molecular flexibility index (Phi) is 2.68. The topological polar surface area (TPSA) is 44.1 Å². The average molecular weight is 240 g/mol. The summed E-state index contributed by atoms with van der Waals surface area (Å²) in [5, 5.41) is 4.27. The normalized spacial score (nSPS) is 14.1. The molecule has 0 aliphatic carbocycles. The van der Waals surface area contributed by atoms with E-state index in [-0.39, 0.29) is 5.78 Å². The molecule has 1 aromatic heterocycles. The molecule has 4 nitrogen and oxygen atoms in total. The molecule has 1 aliphatic heterocycles. The van der Waals surface area contributed by atoms with E-state index in [1.54, 1.807) is 16.9 Å². The summed E-state index contributed by atoms with van der Waals surface area (Å²) in [6.07, 6.45) is 4.38. The van der Waals surface area contributed by atoms with Crippen molar-refractivity contribution >= 4 is 5.78 Å². The van der Waals surface area contributed by atoms with Gasteiger partial charge >= 0.3 is 0 Å². The largest absolute Gasteiger partial charge is 0.489 e. The summed E-state index contributed by atoms with van der Waals surface area (Å²) >= 11 is 0. The number of benzene rings is 1. The van der Waals surface area contributed by atoms with Crippen LogP contribution < -0.4 is 0 Å². The number of hydrogen-bond donors (Lipinski definition) is 0. The van der Waals surface area contributed by atoms with Gasteiger partial charge in [-0.3, -0.25) is 4.79 Å². The quantitative estimate of drug-likeness (QED) is 0.773. The SMILES string of the molecule is O=C(C1=CCCO1)c1ccn(-c2ccccc2)n1. The van der Waals surface area contributed by atoms with E-state index in [1.165, 1.54) is 0 Å². The zero-order valence-corrected chi connectivity index (χ0v) is 9.74. The molecule has 0 atom stereocenters. The second-order valence-corrected chi connectivity index (χ2v) is 4.02. The average Bonchev–Trinajstić information content (AvgIpc) is 3.10.